The van der Waals surface area contributed by atoms with Crippen molar-refractivity contribution < 1.29 is 0 Å². The van der Waals surface area contributed by atoms with Gasteiger partial charge in [-0.1, -0.05) is 0 Å². The van der Waals surface area contributed by atoms with E-state index in [4.69, 9.17) is 0 Å². The van der Waals surface area contributed by atoms with Crippen LogP contribution in [0.3, 0.4) is 0 Å². The zero-order chi connectivity index (χ0) is 5.11. The molecule has 1 rings (SSSR count). The Bertz CT molecular complexity index is 141. The topological polar surface area (TPSA) is 28.1 Å². The first-order chi connectivity index (χ1) is 3.43. The van der Waals surface area contributed by atoms with E-state index in [0.29, 0.717) is 0 Å². The Hall–Kier alpha value is -1.05. The van der Waals surface area contributed by atoms with Gasteiger partial charge in [0.15, 0.2) is 0 Å². The third-order valence-corrected chi connectivity index (χ3v) is 0.764. The average molecular weight is 94.1 g/mol. The molecule has 0 aliphatic heterocycles. The summed E-state index contributed by atoms with van der Waals surface area (Å²) in [4.78, 5) is 6.50. The molecule has 0 radical (unpaired) electrons. The second-order valence-corrected chi connectivity index (χ2v) is 1.23. The van der Waals surface area contributed by atoms with Gasteiger partial charge in [0.1, 0.15) is 0 Å². The van der Waals surface area contributed by atoms with E-state index in [9.17, 15) is 0 Å². The van der Waals surface area contributed by atoms with Crippen LogP contribution in [0.2, 0.25) is 0 Å². The van der Waals surface area contributed by atoms with Gasteiger partial charge < -0.3 is 4.98 Å². The molecule has 0 aromatic carbocycles. The molecule has 36 valence electrons. The van der Waals surface area contributed by atoms with Gasteiger partial charge in [-0.05, 0) is 12.8 Å². The van der Waals surface area contributed by atoms with Crippen LogP contribution in [0.5, 0.6) is 0 Å². The Labute approximate surface area is 41.9 Å². The Kier molecular flexibility index (Phi) is 0.941. The van der Waals surface area contributed by atoms with Gasteiger partial charge >= 0.3 is 0 Å². The van der Waals surface area contributed by atoms with Gasteiger partial charge in [-0.2, -0.15) is 0 Å². The van der Waals surface area contributed by atoms with E-state index in [1.807, 2.05) is 12.3 Å². The maximum atomic E-state index is 3.65. The highest BCUT2D eigenvalue weighted by Gasteiger charge is 1.78. The monoisotopic (exact) mass is 94.1 g/mol. The number of hydrogen-bond donors (Lipinski definition) is 1. The lowest BCUT2D eigenvalue weighted by atomic mass is 10.6. The lowest BCUT2D eigenvalue weighted by Crippen LogP contribution is -1.45. The zero-order valence-electron chi connectivity index (χ0n) is 3.89. The molecule has 1 N–H and O–H groups in total. The number of aliphatic imine (C=N–C) groups is 1. The molecule has 0 saturated carbocycles. The summed E-state index contributed by atoms with van der Waals surface area (Å²) in [6, 6.07) is 1.85. The molecular weight excluding hydrogens is 88.1 g/mol. The summed E-state index contributed by atoms with van der Waals surface area (Å²) < 4.78 is 0. The van der Waals surface area contributed by atoms with Crippen LogP contribution in [0.25, 0.3) is 0 Å². The number of hydrogen-bond acceptors (Lipinski definition) is 1. The summed E-state index contributed by atoms with van der Waals surface area (Å²) in [7, 11) is 0. The van der Waals surface area contributed by atoms with E-state index in [1.54, 1.807) is 6.20 Å². The van der Waals surface area contributed by atoms with Crippen LogP contribution in [0.1, 0.15) is 0 Å². The molecule has 0 aliphatic rings. The number of nitrogens with one attached hydrogen (secondary N) is 1. The standard InChI is InChI=1S/C5H6N2/c1-6-5-2-3-7-4-5/h2-4,7H,1H2. The second-order valence-electron chi connectivity index (χ2n) is 1.23. The molecule has 0 spiro atoms. The summed E-state index contributed by atoms with van der Waals surface area (Å²) in [6.45, 7) is 3.33. The largest absolute Gasteiger partial charge is 0.366 e. The SMILES string of the molecule is C=Nc1cc[nH]c1. The van der Waals surface area contributed by atoms with Crippen molar-refractivity contribution in [2.75, 3.05) is 0 Å². The number of nitrogens with zero attached hydrogens (tertiary/aromatic N) is 1. The van der Waals surface area contributed by atoms with Crippen LogP contribution >= 0.6 is 0 Å². The molecule has 0 saturated heterocycles. The summed E-state index contributed by atoms with van der Waals surface area (Å²) in [5.41, 5.74) is 0.889. The van der Waals surface area contributed by atoms with E-state index < -0.39 is 0 Å². The molecule has 1 aromatic rings. The smallest absolute Gasteiger partial charge is 0.0796 e. The maximum Gasteiger partial charge on any atom is 0.0796 e. The minimum atomic E-state index is 0.889. The van der Waals surface area contributed by atoms with Crippen molar-refractivity contribution >= 4 is 12.4 Å². The molecule has 0 unspecified atom stereocenters. The number of aromatic amines is 1. The summed E-state index contributed by atoms with van der Waals surface area (Å²) >= 11 is 0. The van der Waals surface area contributed by atoms with Gasteiger partial charge in [0, 0.05) is 12.4 Å². The summed E-state index contributed by atoms with van der Waals surface area (Å²) in [6.07, 6.45) is 3.59. The lowest BCUT2D eigenvalue weighted by Gasteiger charge is -1.72. The third-order valence-electron chi connectivity index (χ3n) is 0.764. The van der Waals surface area contributed by atoms with E-state index in [2.05, 4.69) is 16.7 Å². The zero-order valence-corrected chi connectivity index (χ0v) is 3.89. The maximum absolute atomic E-state index is 3.65. The van der Waals surface area contributed by atoms with E-state index in [1.165, 1.54) is 0 Å². The van der Waals surface area contributed by atoms with Gasteiger partial charge in [0.25, 0.3) is 0 Å². The van der Waals surface area contributed by atoms with Gasteiger partial charge in [-0.25, -0.2) is 0 Å². The molecule has 2 nitrogen and oxygen atoms in total. The van der Waals surface area contributed by atoms with Crippen molar-refractivity contribution in [1.82, 2.24) is 4.98 Å². The van der Waals surface area contributed by atoms with Crippen LogP contribution in [-0.4, -0.2) is 11.7 Å². The molecule has 1 aromatic heterocycles. The first-order valence-electron chi connectivity index (χ1n) is 2.03. The van der Waals surface area contributed by atoms with Crippen LogP contribution in [0.15, 0.2) is 23.5 Å². The van der Waals surface area contributed by atoms with Gasteiger partial charge in [0.2, 0.25) is 0 Å². The molecule has 2 heteroatoms. The summed E-state index contributed by atoms with van der Waals surface area (Å²) in [5, 5.41) is 0. The van der Waals surface area contributed by atoms with Crippen molar-refractivity contribution in [3.05, 3.63) is 18.5 Å². The molecule has 0 aliphatic carbocycles. The summed E-state index contributed by atoms with van der Waals surface area (Å²) in [5.74, 6) is 0. The quantitative estimate of drug-likeness (QED) is 0.509. The van der Waals surface area contributed by atoms with Crippen LogP contribution < -0.4 is 0 Å². The van der Waals surface area contributed by atoms with Crippen LogP contribution in [-0.2, 0) is 0 Å². The fraction of sp³-hybridized carbons (Fsp3) is 0. The molecule has 0 atom stereocenters. The van der Waals surface area contributed by atoms with Gasteiger partial charge in [0.05, 0.1) is 5.69 Å². The Morgan fingerprint density at radius 3 is 2.86 bits per heavy atom. The minimum absolute atomic E-state index is 0.889. The Morgan fingerprint density at radius 2 is 2.57 bits per heavy atom. The molecule has 0 fully saturated rings. The molecule has 0 bridgehead atoms. The Balaban J connectivity index is 2.96. The number of H-pyrrole nitrogens is 1. The van der Waals surface area contributed by atoms with E-state index in [-0.39, 0.29) is 0 Å². The number of aromatic nitrogens is 1. The van der Waals surface area contributed by atoms with Crippen molar-refractivity contribution in [2.45, 2.75) is 0 Å². The molecule has 1 heterocycles. The fourth-order valence-electron chi connectivity index (χ4n) is 0.413. The van der Waals surface area contributed by atoms with Crippen molar-refractivity contribution in [3.8, 4) is 0 Å². The molecular formula is C5H6N2. The van der Waals surface area contributed by atoms with E-state index in [0.717, 1.165) is 5.69 Å². The van der Waals surface area contributed by atoms with Crippen LogP contribution in [0.4, 0.5) is 5.69 Å². The highest BCUT2D eigenvalue weighted by atomic mass is 14.8. The second kappa shape index (κ2) is 1.60. The van der Waals surface area contributed by atoms with Crippen LogP contribution in [0, 0.1) is 0 Å². The average Bonchev–Trinajstić information content (AvgIpc) is 2.14. The van der Waals surface area contributed by atoms with Crippen molar-refractivity contribution in [2.24, 2.45) is 4.99 Å². The predicted octanol–water partition coefficient (Wildman–Crippen LogP) is 1.35. The Morgan fingerprint density at radius 1 is 1.71 bits per heavy atom. The first kappa shape index (κ1) is 4.12. The fourth-order valence-corrected chi connectivity index (χ4v) is 0.413. The van der Waals surface area contributed by atoms with Gasteiger partial charge in [-0.3, -0.25) is 4.99 Å². The number of rotatable bonds is 1. The van der Waals surface area contributed by atoms with Crippen molar-refractivity contribution in [3.63, 3.8) is 0 Å². The van der Waals surface area contributed by atoms with Crippen molar-refractivity contribution in [1.29, 1.82) is 0 Å². The normalized spacial score (nSPS) is 8.57. The molecule has 0 amide bonds. The third kappa shape index (κ3) is 0.682. The predicted molar refractivity (Wildman–Crippen MR) is 30.0 cm³/mol. The highest BCUT2D eigenvalue weighted by molar-refractivity contribution is 5.42. The van der Waals surface area contributed by atoms with E-state index >= 15 is 0 Å². The highest BCUT2D eigenvalue weighted by Crippen LogP contribution is 2.05. The first-order valence-corrected chi connectivity index (χ1v) is 2.03. The van der Waals surface area contributed by atoms with Gasteiger partial charge in [-0.15, -0.1) is 0 Å². The lowest BCUT2D eigenvalue weighted by molar-refractivity contribution is 1.41. The minimum Gasteiger partial charge on any atom is -0.366 e. The molecule has 7 heavy (non-hydrogen) atoms.